The van der Waals surface area contributed by atoms with Crippen molar-refractivity contribution in [3.05, 3.63) is 29.8 Å². The summed E-state index contributed by atoms with van der Waals surface area (Å²) < 4.78 is 15.9. The summed E-state index contributed by atoms with van der Waals surface area (Å²) in [6.45, 7) is 12.7. The van der Waals surface area contributed by atoms with Crippen molar-refractivity contribution in [2.24, 2.45) is 4.99 Å². The third kappa shape index (κ3) is 9.96. The summed E-state index contributed by atoms with van der Waals surface area (Å²) in [5, 5.41) is 6.73. The number of ether oxygens (including phenoxy) is 3. The van der Waals surface area contributed by atoms with Gasteiger partial charge in [0.25, 0.3) is 0 Å². The molecule has 0 spiro atoms. The largest absolute Gasteiger partial charge is 0.497 e. The number of guanidine groups is 1. The van der Waals surface area contributed by atoms with Gasteiger partial charge in [0.05, 0.1) is 32.9 Å². The van der Waals surface area contributed by atoms with E-state index in [0.717, 1.165) is 44.3 Å². The third-order valence-corrected chi connectivity index (χ3v) is 4.69. The van der Waals surface area contributed by atoms with E-state index in [1.807, 2.05) is 12.1 Å². The Labute approximate surface area is 176 Å². The van der Waals surface area contributed by atoms with E-state index in [1.165, 1.54) is 5.56 Å². The number of aliphatic imine (C=N–C) groups is 1. The second kappa shape index (κ2) is 16.0. The molecular weight excluding hydrogens is 368 g/mol. The van der Waals surface area contributed by atoms with Gasteiger partial charge in [0, 0.05) is 26.8 Å². The fourth-order valence-electron chi connectivity index (χ4n) is 3.09. The average molecular weight is 409 g/mol. The lowest BCUT2D eigenvalue weighted by Gasteiger charge is -2.29. The van der Waals surface area contributed by atoms with E-state index in [0.29, 0.717) is 26.4 Å². The van der Waals surface area contributed by atoms with E-state index in [-0.39, 0.29) is 6.04 Å². The van der Waals surface area contributed by atoms with Crippen LogP contribution in [-0.2, 0) is 9.47 Å². The molecule has 0 saturated heterocycles. The Bertz CT molecular complexity index is 565. The molecule has 7 nitrogen and oxygen atoms in total. The maximum absolute atomic E-state index is 5.51. The molecule has 1 aromatic rings. The van der Waals surface area contributed by atoms with E-state index < -0.39 is 0 Å². The molecule has 0 bridgehead atoms. The minimum Gasteiger partial charge on any atom is -0.497 e. The average Bonchev–Trinajstić information content (AvgIpc) is 2.75. The van der Waals surface area contributed by atoms with Crippen LogP contribution >= 0.6 is 0 Å². The molecule has 0 aliphatic rings. The van der Waals surface area contributed by atoms with Crippen LogP contribution in [0.2, 0.25) is 0 Å². The number of nitrogens with zero attached hydrogens (tertiary/aromatic N) is 2. The second-order valence-electron chi connectivity index (χ2n) is 6.62. The highest BCUT2D eigenvalue weighted by Crippen LogP contribution is 2.24. The van der Waals surface area contributed by atoms with Crippen molar-refractivity contribution in [2.75, 3.05) is 66.8 Å². The predicted molar refractivity (Wildman–Crippen MR) is 120 cm³/mol. The SMILES string of the molecule is CCNC(=NCC(c1cccc(OC)c1)N(CC)CC)NCCCOCCOC. The molecule has 166 valence electrons. The number of likely N-dealkylation sites (N-methyl/N-ethyl adjacent to an activating group) is 1. The number of nitrogens with one attached hydrogen (secondary N) is 2. The highest BCUT2D eigenvalue weighted by molar-refractivity contribution is 5.79. The lowest BCUT2D eigenvalue weighted by atomic mass is 10.0. The fraction of sp³-hybridized carbons (Fsp3) is 0.682. The molecular formula is C22H40N4O3. The zero-order chi connectivity index (χ0) is 21.3. The van der Waals surface area contributed by atoms with E-state index in [2.05, 4.69) is 48.4 Å². The Morgan fingerprint density at radius 2 is 1.86 bits per heavy atom. The van der Waals surface area contributed by atoms with Crippen molar-refractivity contribution in [3.63, 3.8) is 0 Å². The highest BCUT2D eigenvalue weighted by Gasteiger charge is 2.18. The topological polar surface area (TPSA) is 67.4 Å². The summed E-state index contributed by atoms with van der Waals surface area (Å²) in [6, 6.07) is 8.48. The Morgan fingerprint density at radius 1 is 1.07 bits per heavy atom. The van der Waals surface area contributed by atoms with Gasteiger partial charge in [-0.2, -0.15) is 0 Å². The summed E-state index contributed by atoms with van der Waals surface area (Å²) in [7, 11) is 3.39. The van der Waals surface area contributed by atoms with Gasteiger partial charge in [0.2, 0.25) is 0 Å². The maximum atomic E-state index is 5.51. The standard InChI is InChI=1S/C22H40N4O3/c1-6-23-22(24-13-10-14-29-16-15-27-4)25-18-21(26(7-2)8-3)19-11-9-12-20(17-19)28-5/h9,11-12,17,21H,6-8,10,13-16,18H2,1-5H3,(H2,23,24,25). The maximum Gasteiger partial charge on any atom is 0.191 e. The molecule has 0 fully saturated rings. The number of methoxy groups -OCH3 is 2. The summed E-state index contributed by atoms with van der Waals surface area (Å²) in [5.74, 6) is 1.71. The van der Waals surface area contributed by atoms with Gasteiger partial charge in [-0.1, -0.05) is 26.0 Å². The van der Waals surface area contributed by atoms with E-state index in [1.54, 1.807) is 14.2 Å². The minimum atomic E-state index is 0.202. The van der Waals surface area contributed by atoms with Gasteiger partial charge in [0.15, 0.2) is 5.96 Å². The molecule has 0 aromatic heterocycles. The molecule has 7 heteroatoms. The van der Waals surface area contributed by atoms with Crippen LogP contribution in [-0.4, -0.2) is 77.6 Å². The number of hydrogen-bond acceptors (Lipinski definition) is 5. The Balaban J connectivity index is 2.73. The van der Waals surface area contributed by atoms with Crippen molar-refractivity contribution in [3.8, 4) is 5.75 Å². The molecule has 1 atom stereocenters. The second-order valence-corrected chi connectivity index (χ2v) is 6.62. The number of rotatable bonds is 15. The van der Waals surface area contributed by atoms with Gasteiger partial charge < -0.3 is 24.8 Å². The summed E-state index contributed by atoms with van der Waals surface area (Å²) >= 11 is 0. The van der Waals surface area contributed by atoms with Crippen molar-refractivity contribution >= 4 is 5.96 Å². The quantitative estimate of drug-likeness (QED) is 0.264. The van der Waals surface area contributed by atoms with Crippen LogP contribution in [0.4, 0.5) is 0 Å². The Hall–Kier alpha value is -1.83. The van der Waals surface area contributed by atoms with Crippen LogP contribution in [0.5, 0.6) is 5.75 Å². The zero-order valence-corrected chi connectivity index (χ0v) is 18.9. The normalized spacial score (nSPS) is 12.8. The minimum absolute atomic E-state index is 0.202. The van der Waals surface area contributed by atoms with Gasteiger partial charge in [0.1, 0.15) is 5.75 Å². The van der Waals surface area contributed by atoms with Gasteiger partial charge in [-0.15, -0.1) is 0 Å². The molecule has 1 rings (SSSR count). The molecule has 29 heavy (non-hydrogen) atoms. The molecule has 2 N–H and O–H groups in total. The molecule has 0 aliphatic heterocycles. The van der Waals surface area contributed by atoms with Crippen molar-refractivity contribution in [1.82, 2.24) is 15.5 Å². The fourth-order valence-corrected chi connectivity index (χ4v) is 3.09. The molecule has 0 saturated carbocycles. The zero-order valence-electron chi connectivity index (χ0n) is 18.9. The highest BCUT2D eigenvalue weighted by atomic mass is 16.5. The first-order valence-electron chi connectivity index (χ1n) is 10.7. The van der Waals surface area contributed by atoms with E-state index in [9.17, 15) is 0 Å². The van der Waals surface area contributed by atoms with Crippen LogP contribution in [0, 0.1) is 0 Å². The lowest BCUT2D eigenvalue weighted by molar-refractivity contribution is 0.0698. The molecule has 0 amide bonds. The van der Waals surface area contributed by atoms with Crippen molar-refractivity contribution in [2.45, 2.75) is 33.2 Å². The molecule has 0 aliphatic carbocycles. The summed E-state index contributed by atoms with van der Waals surface area (Å²) in [6.07, 6.45) is 0.920. The smallest absolute Gasteiger partial charge is 0.191 e. The van der Waals surface area contributed by atoms with E-state index in [4.69, 9.17) is 19.2 Å². The molecule has 0 heterocycles. The molecule has 0 radical (unpaired) electrons. The monoisotopic (exact) mass is 408 g/mol. The number of benzene rings is 1. The van der Waals surface area contributed by atoms with Gasteiger partial charge >= 0.3 is 0 Å². The molecule has 1 aromatic carbocycles. The Kier molecular flexibility index (Phi) is 13.9. The first-order chi connectivity index (χ1) is 14.2. The molecule has 1 unspecified atom stereocenters. The van der Waals surface area contributed by atoms with E-state index >= 15 is 0 Å². The van der Waals surface area contributed by atoms with Crippen LogP contribution in [0.25, 0.3) is 0 Å². The predicted octanol–water partition coefficient (Wildman–Crippen LogP) is 2.69. The van der Waals surface area contributed by atoms with Crippen LogP contribution in [0.3, 0.4) is 0 Å². The van der Waals surface area contributed by atoms with Crippen LogP contribution in [0.15, 0.2) is 29.3 Å². The van der Waals surface area contributed by atoms with Crippen molar-refractivity contribution in [1.29, 1.82) is 0 Å². The van der Waals surface area contributed by atoms with Gasteiger partial charge in [-0.25, -0.2) is 0 Å². The third-order valence-electron chi connectivity index (χ3n) is 4.69. The van der Waals surface area contributed by atoms with Crippen LogP contribution in [0.1, 0.15) is 38.8 Å². The number of hydrogen-bond donors (Lipinski definition) is 2. The first kappa shape index (κ1) is 25.2. The van der Waals surface area contributed by atoms with Gasteiger partial charge in [-0.3, -0.25) is 9.89 Å². The summed E-state index contributed by atoms with van der Waals surface area (Å²) in [5.41, 5.74) is 1.22. The van der Waals surface area contributed by atoms with Crippen LogP contribution < -0.4 is 15.4 Å². The lowest BCUT2D eigenvalue weighted by Crippen LogP contribution is -2.39. The first-order valence-corrected chi connectivity index (χ1v) is 10.7. The van der Waals surface area contributed by atoms with Crippen molar-refractivity contribution < 1.29 is 14.2 Å². The summed E-state index contributed by atoms with van der Waals surface area (Å²) in [4.78, 5) is 7.28. The van der Waals surface area contributed by atoms with Gasteiger partial charge in [-0.05, 0) is 44.1 Å². The Morgan fingerprint density at radius 3 is 2.52 bits per heavy atom.